The number of hydrogen-bond acceptors (Lipinski definition) is 3. The van der Waals surface area contributed by atoms with Crippen molar-refractivity contribution in [1.29, 1.82) is 0 Å². The van der Waals surface area contributed by atoms with Gasteiger partial charge in [-0.2, -0.15) is 0 Å². The van der Waals surface area contributed by atoms with E-state index >= 15 is 0 Å². The number of nitrogens with two attached hydrogens (primary N) is 1. The van der Waals surface area contributed by atoms with Gasteiger partial charge in [-0.25, -0.2) is 4.68 Å². The Morgan fingerprint density at radius 2 is 2.06 bits per heavy atom. The molecule has 0 saturated carbocycles. The number of hydrogen-bond donors (Lipinski definition) is 1. The molecule has 0 saturated heterocycles. The second kappa shape index (κ2) is 4.57. The summed E-state index contributed by atoms with van der Waals surface area (Å²) in [5.41, 5.74) is 10.4. The van der Waals surface area contributed by atoms with Crippen molar-refractivity contribution in [3.63, 3.8) is 0 Å². The van der Waals surface area contributed by atoms with Crippen molar-refractivity contribution in [3.8, 4) is 5.69 Å². The summed E-state index contributed by atoms with van der Waals surface area (Å²) in [6.45, 7) is 6.32. The Bertz CT molecular complexity index is 528. The van der Waals surface area contributed by atoms with Gasteiger partial charge >= 0.3 is 0 Å². The SMILES string of the molecule is CCCc1c(N)nnn1-c1cccc(C)c1C. The van der Waals surface area contributed by atoms with Crippen LogP contribution >= 0.6 is 0 Å². The van der Waals surface area contributed by atoms with E-state index in [1.807, 2.05) is 10.7 Å². The summed E-state index contributed by atoms with van der Waals surface area (Å²) in [5, 5.41) is 8.12. The van der Waals surface area contributed by atoms with Gasteiger partial charge in [0.15, 0.2) is 5.82 Å². The fraction of sp³-hybridized carbons (Fsp3) is 0.385. The van der Waals surface area contributed by atoms with Crippen LogP contribution in [0.2, 0.25) is 0 Å². The zero-order valence-electron chi connectivity index (χ0n) is 10.6. The number of benzene rings is 1. The van der Waals surface area contributed by atoms with Crippen molar-refractivity contribution in [3.05, 3.63) is 35.0 Å². The van der Waals surface area contributed by atoms with Crippen LogP contribution in [0.1, 0.15) is 30.2 Å². The number of aryl methyl sites for hydroxylation is 1. The van der Waals surface area contributed by atoms with Crippen molar-refractivity contribution >= 4 is 5.82 Å². The van der Waals surface area contributed by atoms with E-state index in [2.05, 4.69) is 43.2 Å². The highest BCUT2D eigenvalue weighted by molar-refractivity contribution is 5.47. The van der Waals surface area contributed by atoms with Crippen molar-refractivity contribution in [1.82, 2.24) is 15.0 Å². The maximum Gasteiger partial charge on any atom is 0.169 e. The average Bonchev–Trinajstić information content (AvgIpc) is 2.66. The number of aromatic nitrogens is 3. The van der Waals surface area contributed by atoms with E-state index < -0.39 is 0 Å². The highest BCUT2D eigenvalue weighted by atomic mass is 15.4. The minimum atomic E-state index is 0.535. The standard InChI is InChI=1S/C13H18N4/c1-4-6-12-13(14)15-16-17(12)11-8-5-7-9(2)10(11)3/h5,7-8H,4,6,14H2,1-3H3. The smallest absolute Gasteiger partial charge is 0.169 e. The Labute approximate surface area is 101 Å². The van der Waals surface area contributed by atoms with E-state index in [0.717, 1.165) is 24.2 Å². The molecule has 0 aliphatic heterocycles. The van der Waals surface area contributed by atoms with Crippen molar-refractivity contribution in [2.75, 3.05) is 5.73 Å². The van der Waals surface area contributed by atoms with Gasteiger partial charge in [-0.1, -0.05) is 30.7 Å². The summed E-state index contributed by atoms with van der Waals surface area (Å²) in [6.07, 6.45) is 1.93. The topological polar surface area (TPSA) is 56.7 Å². The van der Waals surface area contributed by atoms with E-state index in [1.165, 1.54) is 11.1 Å². The molecule has 0 unspecified atom stereocenters. The summed E-state index contributed by atoms with van der Waals surface area (Å²) < 4.78 is 1.86. The van der Waals surface area contributed by atoms with Crippen LogP contribution in [0, 0.1) is 13.8 Å². The fourth-order valence-corrected chi connectivity index (χ4v) is 1.94. The molecule has 4 nitrogen and oxygen atoms in total. The van der Waals surface area contributed by atoms with Crippen LogP contribution in [0.25, 0.3) is 5.69 Å². The lowest BCUT2D eigenvalue weighted by Crippen LogP contribution is -2.06. The molecule has 1 aromatic heterocycles. The lowest BCUT2D eigenvalue weighted by atomic mass is 10.1. The number of anilines is 1. The first-order valence-electron chi connectivity index (χ1n) is 5.91. The van der Waals surface area contributed by atoms with Crippen LogP contribution in [0.15, 0.2) is 18.2 Å². The van der Waals surface area contributed by atoms with E-state index in [1.54, 1.807) is 0 Å². The fourth-order valence-electron chi connectivity index (χ4n) is 1.94. The largest absolute Gasteiger partial charge is 0.381 e. The van der Waals surface area contributed by atoms with Crippen molar-refractivity contribution < 1.29 is 0 Å². The highest BCUT2D eigenvalue weighted by Gasteiger charge is 2.12. The predicted octanol–water partition coefficient (Wildman–Crippen LogP) is 2.42. The molecular formula is C13H18N4. The molecule has 0 atom stereocenters. The van der Waals surface area contributed by atoms with Gasteiger partial charge in [-0.3, -0.25) is 0 Å². The van der Waals surface area contributed by atoms with E-state index in [-0.39, 0.29) is 0 Å². The highest BCUT2D eigenvalue weighted by Crippen LogP contribution is 2.21. The molecule has 0 radical (unpaired) electrons. The summed E-state index contributed by atoms with van der Waals surface area (Å²) in [7, 11) is 0. The minimum absolute atomic E-state index is 0.535. The van der Waals surface area contributed by atoms with Crippen molar-refractivity contribution in [2.24, 2.45) is 0 Å². The third kappa shape index (κ3) is 2.02. The first-order chi connectivity index (χ1) is 8.15. The Morgan fingerprint density at radius 3 is 2.76 bits per heavy atom. The summed E-state index contributed by atoms with van der Waals surface area (Å²) in [4.78, 5) is 0. The predicted molar refractivity (Wildman–Crippen MR) is 69.2 cm³/mol. The van der Waals surface area contributed by atoms with Gasteiger partial charge in [0.1, 0.15) is 0 Å². The normalized spacial score (nSPS) is 10.8. The monoisotopic (exact) mass is 230 g/mol. The lowest BCUT2D eigenvalue weighted by molar-refractivity contribution is 0.741. The molecule has 1 aromatic carbocycles. The summed E-state index contributed by atoms with van der Waals surface area (Å²) >= 11 is 0. The van der Waals surface area contributed by atoms with Gasteiger partial charge in [0.05, 0.1) is 11.4 Å². The van der Waals surface area contributed by atoms with Gasteiger partial charge in [0.2, 0.25) is 0 Å². The lowest BCUT2D eigenvalue weighted by Gasteiger charge is -2.10. The average molecular weight is 230 g/mol. The van der Waals surface area contributed by atoms with Crippen LogP contribution in [-0.2, 0) is 6.42 Å². The third-order valence-electron chi connectivity index (χ3n) is 3.08. The van der Waals surface area contributed by atoms with Gasteiger partial charge in [-0.05, 0) is 37.5 Å². The first kappa shape index (κ1) is 11.6. The molecule has 2 N–H and O–H groups in total. The molecular weight excluding hydrogens is 212 g/mol. The van der Waals surface area contributed by atoms with Crippen LogP contribution in [0.5, 0.6) is 0 Å². The molecule has 0 aliphatic rings. The number of rotatable bonds is 3. The Balaban J connectivity index is 2.56. The second-order valence-corrected chi connectivity index (χ2v) is 4.30. The number of nitrogen functional groups attached to an aromatic ring is 1. The Hall–Kier alpha value is -1.84. The molecule has 0 fully saturated rings. The maximum absolute atomic E-state index is 5.86. The van der Waals surface area contributed by atoms with Crippen LogP contribution in [0.4, 0.5) is 5.82 Å². The molecule has 1 heterocycles. The van der Waals surface area contributed by atoms with Gasteiger partial charge in [0.25, 0.3) is 0 Å². The number of nitrogens with zero attached hydrogens (tertiary/aromatic N) is 3. The summed E-state index contributed by atoms with van der Waals surface area (Å²) in [6, 6.07) is 6.18. The molecule has 0 amide bonds. The second-order valence-electron chi connectivity index (χ2n) is 4.30. The van der Waals surface area contributed by atoms with Gasteiger partial charge in [-0.15, -0.1) is 5.10 Å². The van der Waals surface area contributed by atoms with Crippen molar-refractivity contribution in [2.45, 2.75) is 33.6 Å². The van der Waals surface area contributed by atoms with Gasteiger partial charge in [0, 0.05) is 0 Å². The van der Waals surface area contributed by atoms with Crippen LogP contribution < -0.4 is 5.73 Å². The molecule has 2 rings (SSSR count). The molecule has 4 heteroatoms. The molecule has 0 spiro atoms. The maximum atomic E-state index is 5.86. The van der Waals surface area contributed by atoms with E-state index in [4.69, 9.17) is 5.73 Å². The Morgan fingerprint density at radius 1 is 1.29 bits per heavy atom. The third-order valence-corrected chi connectivity index (χ3v) is 3.08. The quantitative estimate of drug-likeness (QED) is 0.881. The zero-order chi connectivity index (χ0) is 12.4. The van der Waals surface area contributed by atoms with Crippen LogP contribution in [0.3, 0.4) is 0 Å². The molecule has 17 heavy (non-hydrogen) atoms. The summed E-state index contributed by atoms with van der Waals surface area (Å²) in [5.74, 6) is 0.535. The molecule has 2 aromatic rings. The molecule has 0 bridgehead atoms. The van der Waals surface area contributed by atoms with Gasteiger partial charge < -0.3 is 5.73 Å². The molecule has 90 valence electrons. The van der Waals surface area contributed by atoms with E-state index in [9.17, 15) is 0 Å². The Kier molecular flexibility index (Phi) is 3.13. The minimum Gasteiger partial charge on any atom is -0.381 e. The molecule has 0 aliphatic carbocycles. The zero-order valence-corrected chi connectivity index (χ0v) is 10.6. The van der Waals surface area contributed by atoms with E-state index in [0.29, 0.717) is 5.82 Å². The van der Waals surface area contributed by atoms with Crippen LogP contribution in [-0.4, -0.2) is 15.0 Å². The first-order valence-corrected chi connectivity index (χ1v) is 5.91.